The fourth-order valence-electron chi connectivity index (χ4n) is 13.3. The number of hydrogen-bond acceptors (Lipinski definition) is 7. The lowest BCUT2D eigenvalue weighted by atomic mass is 9.33. The molecule has 302 valence electrons. The molecule has 0 radical (unpaired) electrons. The minimum atomic E-state index is -1.19. The highest BCUT2D eigenvalue weighted by atomic mass is 16.5. The van der Waals surface area contributed by atoms with Crippen LogP contribution in [0.1, 0.15) is 132 Å². The highest BCUT2D eigenvalue weighted by Gasteiger charge is 2.71. The molecule has 4 fully saturated rings. The van der Waals surface area contributed by atoms with Gasteiger partial charge in [-0.25, -0.2) is 0 Å². The Morgan fingerprint density at radius 3 is 2.18 bits per heavy atom. The second-order valence-corrected chi connectivity index (χ2v) is 20.3. The highest BCUT2D eigenvalue weighted by molar-refractivity contribution is 6.08. The molecule has 0 aliphatic heterocycles. The maximum Gasteiger partial charge on any atom is 0.309 e. The number of rotatable bonds is 11. The Morgan fingerprint density at radius 2 is 1.56 bits per heavy atom. The van der Waals surface area contributed by atoms with Crippen molar-refractivity contribution in [1.29, 1.82) is 0 Å². The third-order valence-corrected chi connectivity index (χ3v) is 16.4. The number of allylic oxidation sites excluding steroid dienone is 2. The van der Waals surface area contributed by atoms with E-state index in [1.54, 1.807) is 13.8 Å². The number of hydrogen-bond donors (Lipinski definition) is 2. The van der Waals surface area contributed by atoms with Crippen molar-refractivity contribution in [1.82, 2.24) is 4.90 Å². The fraction of sp³-hybridized carbons (Fsp3) is 0.717. The van der Waals surface area contributed by atoms with E-state index in [4.69, 9.17) is 4.74 Å². The van der Waals surface area contributed by atoms with Gasteiger partial charge >= 0.3 is 11.9 Å². The van der Waals surface area contributed by atoms with Gasteiger partial charge in [-0.3, -0.25) is 24.0 Å². The molecule has 8 atom stereocenters. The molecule has 9 nitrogen and oxygen atoms in total. The van der Waals surface area contributed by atoms with Crippen LogP contribution in [-0.2, 0) is 35.3 Å². The zero-order valence-corrected chi connectivity index (χ0v) is 34.8. The van der Waals surface area contributed by atoms with Crippen molar-refractivity contribution in [2.45, 2.75) is 139 Å². The van der Waals surface area contributed by atoms with Crippen molar-refractivity contribution in [3.63, 3.8) is 0 Å². The Kier molecular flexibility index (Phi) is 10.7. The molecule has 55 heavy (non-hydrogen) atoms. The molecule has 0 unspecified atom stereocenters. The summed E-state index contributed by atoms with van der Waals surface area (Å²) in [6.07, 6.45) is 6.57. The molecule has 0 aromatic heterocycles. The van der Waals surface area contributed by atoms with Crippen LogP contribution in [0.2, 0.25) is 0 Å². The molecule has 5 aliphatic rings. The van der Waals surface area contributed by atoms with Crippen molar-refractivity contribution < 1.29 is 38.9 Å². The number of carbonyl (C=O) groups is 5. The largest absolute Gasteiger partial charge is 0.481 e. The van der Waals surface area contributed by atoms with Crippen LogP contribution in [0.3, 0.4) is 0 Å². The number of esters is 1. The quantitative estimate of drug-likeness (QED) is 0.217. The van der Waals surface area contributed by atoms with Crippen LogP contribution < -0.4 is 0 Å². The summed E-state index contributed by atoms with van der Waals surface area (Å²) in [5.41, 5.74) is 0.0734. The molecule has 1 aromatic rings. The van der Waals surface area contributed by atoms with Gasteiger partial charge in [0.15, 0.2) is 11.6 Å². The zero-order chi connectivity index (χ0) is 40.5. The number of ketones is 2. The number of benzene rings is 1. The summed E-state index contributed by atoms with van der Waals surface area (Å²) in [5.74, 6) is -1.25. The fourth-order valence-corrected chi connectivity index (χ4v) is 13.3. The molecule has 5 aliphatic carbocycles. The molecule has 0 spiro atoms. The van der Waals surface area contributed by atoms with E-state index in [2.05, 4.69) is 48.5 Å². The normalized spacial score (nSPS) is 35.3. The summed E-state index contributed by atoms with van der Waals surface area (Å²) in [6.45, 7) is 18.5. The average Bonchev–Trinajstić information content (AvgIpc) is 3.42. The molecule has 4 saturated carbocycles. The van der Waals surface area contributed by atoms with E-state index in [9.17, 15) is 34.2 Å². The van der Waals surface area contributed by atoms with Crippen molar-refractivity contribution in [2.24, 2.45) is 56.2 Å². The summed E-state index contributed by atoms with van der Waals surface area (Å²) in [6, 6.07) is 9.50. The molecule has 0 saturated heterocycles. The molecule has 1 amide bonds. The maximum absolute atomic E-state index is 14.9. The Balaban J connectivity index is 1.30. The van der Waals surface area contributed by atoms with Crippen LogP contribution in [0.5, 0.6) is 0 Å². The number of aliphatic hydroxyl groups is 1. The third kappa shape index (κ3) is 6.52. The predicted molar refractivity (Wildman–Crippen MR) is 209 cm³/mol. The Morgan fingerprint density at radius 1 is 0.891 bits per heavy atom. The van der Waals surface area contributed by atoms with Crippen LogP contribution in [0.25, 0.3) is 0 Å². The van der Waals surface area contributed by atoms with E-state index in [0.717, 1.165) is 61.7 Å². The van der Waals surface area contributed by atoms with Crippen LogP contribution in [0.4, 0.5) is 0 Å². The summed E-state index contributed by atoms with van der Waals surface area (Å²) in [5, 5.41) is 19.5. The standard InChI is InChI=1S/C46H65NO8/c1-28(2)38-31(49)23-46(34(50)26-47(36(51)27-48)25-29-13-11-10-12-14-29)22-21-44(8)30(39(38)46)15-16-33-43(7)19-18-35(55-37(52)24-41(3,4)40(53)54)42(5,6)32(43)17-20-45(33,44)9/h10-14,28,30,32-33,35,48H,15-27H2,1-9H3,(H,53,54)/t30-,32+,33-,35+,43+,44-,45-,46+/m1/s1. The number of ether oxygens (including phenoxy) is 1. The second kappa shape index (κ2) is 14.2. The Labute approximate surface area is 328 Å². The summed E-state index contributed by atoms with van der Waals surface area (Å²) in [7, 11) is 0. The van der Waals surface area contributed by atoms with Gasteiger partial charge in [-0.2, -0.15) is 0 Å². The molecular weight excluding hydrogens is 695 g/mol. The molecule has 1 aromatic carbocycles. The van der Waals surface area contributed by atoms with E-state index in [0.29, 0.717) is 18.3 Å². The van der Waals surface area contributed by atoms with Gasteiger partial charge in [-0.05, 0) is 122 Å². The lowest BCUT2D eigenvalue weighted by Gasteiger charge is -2.72. The number of fused-ring (bicyclic) bond motifs is 7. The number of Topliss-reactive ketones (excluding diaryl/α,β-unsaturated/α-hetero) is 2. The minimum Gasteiger partial charge on any atom is -0.481 e. The minimum absolute atomic E-state index is 0.0125. The highest BCUT2D eigenvalue weighted by Crippen LogP contribution is 2.76. The first-order valence-electron chi connectivity index (χ1n) is 20.8. The summed E-state index contributed by atoms with van der Waals surface area (Å²) in [4.78, 5) is 68.4. The van der Waals surface area contributed by atoms with Crippen LogP contribution in [-0.4, -0.2) is 63.8 Å². The number of aliphatic carboxylic acids is 1. The zero-order valence-electron chi connectivity index (χ0n) is 34.8. The van der Waals surface area contributed by atoms with Gasteiger partial charge in [-0.15, -0.1) is 0 Å². The monoisotopic (exact) mass is 759 g/mol. The van der Waals surface area contributed by atoms with E-state index in [1.807, 2.05) is 30.3 Å². The maximum atomic E-state index is 14.9. The van der Waals surface area contributed by atoms with E-state index >= 15 is 0 Å². The van der Waals surface area contributed by atoms with Crippen LogP contribution in [0, 0.1) is 56.2 Å². The van der Waals surface area contributed by atoms with Crippen molar-refractivity contribution in [3.05, 3.63) is 47.0 Å². The average molecular weight is 760 g/mol. The Hall–Kier alpha value is -3.33. The number of amides is 1. The van der Waals surface area contributed by atoms with Gasteiger partial charge in [-0.1, -0.05) is 78.8 Å². The lowest BCUT2D eigenvalue weighted by Crippen LogP contribution is -2.66. The molecule has 6 rings (SSSR count). The topological polar surface area (TPSA) is 138 Å². The van der Waals surface area contributed by atoms with Crippen molar-refractivity contribution >= 4 is 29.4 Å². The van der Waals surface area contributed by atoms with Crippen LogP contribution in [0.15, 0.2) is 41.5 Å². The van der Waals surface area contributed by atoms with Crippen molar-refractivity contribution in [3.8, 4) is 0 Å². The number of carboxylic acids is 1. The van der Waals surface area contributed by atoms with Crippen molar-refractivity contribution in [2.75, 3.05) is 13.2 Å². The second-order valence-electron chi connectivity index (χ2n) is 20.3. The number of nitrogens with zero attached hydrogens (tertiary/aromatic N) is 1. The smallest absolute Gasteiger partial charge is 0.309 e. The van der Waals surface area contributed by atoms with Gasteiger partial charge in [0.25, 0.3) is 0 Å². The molecule has 0 heterocycles. The third-order valence-electron chi connectivity index (χ3n) is 16.4. The number of aliphatic hydroxyl groups excluding tert-OH is 1. The number of carbonyl (C=O) groups excluding carboxylic acids is 4. The van der Waals surface area contributed by atoms with E-state index in [-0.39, 0.29) is 77.1 Å². The lowest BCUT2D eigenvalue weighted by molar-refractivity contribution is -0.233. The van der Waals surface area contributed by atoms with Crippen LogP contribution >= 0.6 is 0 Å². The predicted octanol–water partition coefficient (Wildman–Crippen LogP) is 7.97. The van der Waals surface area contributed by atoms with Gasteiger partial charge in [0, 0.05) is 18.4 Å². The first-order valence-corrected chi connectivity index (χ1v) is 20.8. The van der Waals surface area contributed by atoms with Gasteiger partial charge in [0.2, 0.25) is 5.91 Å². The molecule has 2 N–H and O–H groups in total. The first kappa shape index (κ1) is 41.3. The summed E-state index contributed by atoms with van der Waals surface area (Å²) < 4.78 is 6.15. The number of carboxylic acid groups (broad SMARTS) is 1. The molecule has 0 bridgehead atoms. The van der Waals surface area contributed by atoms with E-state index in [1.165, 1.54) is 4.90 Å². The first-order chi connectivity index (χ1) is 25.6. The van der Waals surface area contributed by atoms with Gasteiger partial charge < -0.3 is 19.8 Å². The van der Waals surface area contributed by atoms with E-state index < -0.39 is 35.3 Å². The molecule has 9 heteroatoms. The summed E-state index contributed by atoms with van der Waals surface area (Å²) >= 11 is 0. The Bertz CT molecular complexity index is 1760. The van der Waals surface area contributed by atoms with Gasteiger partial charge in [0.05, 0.1) is 23.8 Å². The molecular formula is C46H65NO8. The van der Waals surface area contributed by atoms with Gasteiger partial charge in [0.1, 0.15) is 12.7 Å². The SMILES string of the molecule is CC(C)C1=C2[C@H]3CC[C@@H]4[C@@]5(C)CC[C@H](OC(=O)CC(C)(C)C(=O)O)C(C)(C)[C@@H]5CC[C@@]4(C)[C@]3(C)CC[C@@]2(C(=O)CN(Cc2ccccc2)C(=O)CO)CC1=O.